The molecule has 2 aliphatic heterocycles. The number of ether oxygens (including phenoxy) is 3. The minimum Gasteiger partial charge on any atom is -0.481 e. The zero-order valence-electron chi connectivity index (χ0n) is 18.9. The van der Waals surface area contributed by atoms with Crippen LogP contribution in [-0.2, 0) is 19.0 Å². The lowest BCUT2D eigenvalue weighted by Gasteiger charge is -2.45. The quantitative estimate of drug-likeness (QED) is 0.192. The summed E-state index contributed by atoms with van der Waals surface area (Å²) in [6.45, 7) is 6.87. The molecule has 8 N–H and O–H groups in total. The van der Waals surface area contributed by atoms with Gasteiger partial charge in [-0.3, -0.25) is 4.79 Å². The van der Waals surface area contributed by atoms with E-state index < -0.39 is 72.7 Å². The Labute approximate surface area is 193 Å². The molecule has 0 aliphatic carbocycles. The molecule has 0 aromatic carbocycles. The van der Waals surface area contributed by atoms with Gasteiger partial charge in [-0.25, -0.2) is 0 Å². The van der Waals surface area contributed by atoms with Gasteiger partial charge >= 0.3 is 5.97 Å². The van der Waals surface area contributed by atoms with Gasteiger partial charge in [-0.05, 0) is 13.3 Å². The molecule has 2 heterocycles. The molecule has 5 unspecified atom stereocenters. The first kappa shape index (κ1) is 27.8. The molecular formula is C22H37NO10. The molecule has 0 aromatic rings. The molecule has 0 amide bonds. The van der Waals surface area contributed by atoms with Gasteiger partial charge in [0, 0.05) is 19.3 Å². The zero-order chi connectivity index (χ0) is 24.9. The average molecular weight is 476 g/mol. The molecule has 11 heteroatoms. The second kappa shape index (κ2) is 11.8. The minimum absolute atomic E-state index is 0.137. The second-order valence-electron chi connectivity index (χ2n) is 8.80. The van der Waals surface area contributed by atoms with Crippen LogP contribution in [0.1, 0.15) is 39.5 Å². The number of carboxylic acids is 1. The maximum absolute atomic E-state index is 11.9. The van der Waals surface area contributed by atoms with Gasteiger partial charge in [0.2, 0.25) is 0 Å². The van der Waals surface area contributed by atoms with E-state index >= 15 is 0 Å². The van der Waals surface area contributed by atoms with Crippen molar-refractivity contribution in [2.75, 3.05) is 0 Å². The number of nitrogens with two attached hydrogens (primary N) is 1. The Morgan fingerprint density at radius 2 is 2.00 bits per heavy atom. The molecule has 0 spiro atoms. The summed E-state index contributed by atoms with van der Waals surface area (Å²) in [5, 5.41) is 61.4. The Balaban J connectivity index is 2.25. The number of hydrogen-bond acceptors (Lipinski definition) is 10. The summed E-state index contributed by atoms with van der Waals surface area (Å²) in [4.78, 5) is 11.9. The summed E-state index contributed by atoms with van der Waals surface area (Å²) in [5.74, 6) is -4.61. The SMILES string of the molecule is C=CC=C[C@@H](C[C@@H]1O[C@](O)(C[C@@H](O)CC)C[C@H](O)[C@H]1C(=O)O)OC1OC(C)C(O)C(N)C1O. The van der Waals surface area contributed by atoms with Crippen molar-refractivity contribution in [3.63, 3.8) is 0 Å². The third-order valence-corrected chi connectivity index (χ3v) is 6.16. The maximum atomic E-state index is 11.9. The van der Waals surface area contributed by atoms with Gasteiger partial charge in [0.15, 0.2) is 12.1 Å². The van der Waals surface area contributed by atoms with Crippen LogP contribution in [0.25, 0.3) is 0 Å². The first-order valence-corrected chi connectivity index (χ1v) is 11.1. The van der Waals surface area contributed by atoms with Crippen LogP contribution in [0.15, 0.2) is 24.8 Å². The predicted molar refractivity (Wildman–Crippen MR) is 116 cm³/mol. The fourth-order valence-electron chi connectivity index (χ4n) is 4.23. The molecule has 2 saturated heterocycles. The molecule has 2 rings (SSSR count). The van der Waals surface area contributed by atoms with E-state index in [9.17, 15) is 35.4 Å². The fraction of sp³-hybridized carbons (Fsp3) is 0.773. The molecule has 33 heavy (non-hydrogen) atoms. The summed E-state index contributed by atoms with van der Waals surface area (Å²) >= 11 is 0. The van der Waals surface area contributed by atoms with Gasteiger partial charge in [0.1, 0.15) is 12.0 Å². The van der Waals surface area contributed by atoms with E-state index in [1.54, 1.807) is 19.9 Å². The molecule has 11 nitrogen and oxygen atoms in total. The number of carbonyl (C=O) groups is 1. The van der Waals surface area contributed by atoms with Crippen LogP contribution < -0.4 is 5.73 Å². The summed E-state index contributed by atoms with van der Waals surface area (Å²) in [6.07, 6.45) is -4.68. The van der Waals surface area contributed by atoms with Crippen LogP contribution in [0, 0.1) is 5.92 Å². The molecule has 190 valence electrons. The number of aliphatic hydroxyl groups is 5. The number of hydrogen-bond donors (Lipinski definition) is 7. The van der Waals surface area contributed by atoms with Crippen LogP contribution in [0.4, 0.5) is 0 Å². The van der Waals surface area contributed by atoms with Crippen molar-refractivity contribution in [1.82, 2.24) is 0 Å². The Bertz CT molecular complexity index is 690. The number of carboxylic acid groups (broad SMARTS) is 1. The average Bonchev–Trinajstić information content (AvgIpc) is 2.72. The maximum Gasteiger partial charge on any atom is 0.311 e. The van der Waals surface area contributed by atoms with Crippen molar-refractivity contribution in [1.29, 1.82) is 0 Å². The van der Waals surface area contributed by atoms with Crippen molar-refractivity contribution < 1.29 is 49.6 Å². The van der Waals surface area contributed by atoms with Crippen LogP contribution in [0.3, 0.4) is 0 Å². The Morgan fingerprint density at radius 1 is 1.33 bits per heavy atom. The first-order chi connectivity index (χ1) is 15.4. The highest BCUT2D eigenvalue weighted by Gasteiger charge is 2.50. The summed E-state index contributed by atoms with van der Waals surface area (Å²) in [5.41, 5.74) is 5.85. The molecule has 0 saturated carbocycles. The Kier molecular flexibility index (Phi) is 9.97. The highest BCUT2D eigenvalue weighted by atomic mass is 16.7. The monoisotopic (exact) mass is 475 g/mol. The molecule has 2 fully saturated rings. The number of aliphatic hydroxyl groups excluding tert-OH is 4. The third kappa shape index (κ3) is 7.04. The smallest absolute Gasteiger partial charge is 0.311 e. The van der Waals surface area contributed by atoms with Crippen molar-refractivity contribution in [2.24, 2.45) is 11.7 Å². The highest BCUT2D eigenvalue weighted by molar-refractivity contribution is 5.71. The summed E-state index contributed by atoms with van der Waals surface area (Å²) in [7, 11) is 0. The van der Waals surface area contributed by atoms with Crippen molar-refractivity contribution in [2.45, 2.75) is 100 Å². The minimum atomic E-state index is -1.93. The largest absolute Gasteiger partial charge is 0.481 e. The van der Waals surface area contributed by atoms with Crippen molar-refractivity contribution >= 4 is 5.97 Å². The molecule has 0 bridgehead atoms. The van der Waals surface area contributed by atoms with Crippen molar-refractivity contribution in [3.05, 3.63) is 24.8 Å². The van der Waals surface area contributed by atoms with E-state index in [0.29, 0.717) is 6.42 Å². The normalized spacial score (nSPS) is 41.6. The second-order valence-corrected chi connectivity index (χ2v) is 8.80. The highest BCUT2D eigenvalue weighted by Crippen LogP contribution is 2.37. The summed E-state index contributed by atoms with van der Waals surface area (Å²) in [6, 6.07) is -1.03. The van der Waals surface area contributed by atoms with Gasteiger partial charge in [0.05, 0.1) is 42.7 Å². The number of aliphatic carboxylic acids is 1. The molecular weight excluding hydrogens is 438 g/mol. The van der Waals surface area contributed by atoms with E-state index in [4.69, 9.17) is 19.9 Å². The molecule has 0 radical (unpaired) electrons. The Morgan fingerprint density at radius 3 is 2.58 bits per heavy atom. The van der Waals surface area contributed by atoms with Gasteiger partial charge in [-0.15, -0.1) is 0 Å². The van der Waals surface area contributed by atoms with Crippen LogP contribution in [0.5, 0.6) is 0 Å². The van der Waals surface area contributed by atoms with Gasteiger partial charge in [-0.1, -0.05) is 31.7 Å². The zero-order valence-corrected chi connectivity index (χ0v) is 18.9. The van der Waals surface area contributed by atoms with E-state index in [1.165, 1.54) is 12.2 Å². The van der Waals surface area contributed by atoms with Crippen LogP contribution >= 0.6 is 0 Å². The number of rotatable bonds is 10. The van der Waals surface area contributed by atoms with Crippen LogP contribution in [0.2, 0.25) is 0 Å². The third-order valence-electron chi connectivity index (χ3n) is 6.16. The molecule has 11 atom stereocenters. The Hall–Kier alpha value is -1.41. The van der Waals surface area contributed by atoms with E-state index in [0.717, 1.165) is 0 Å². The van der Waals surface area contributed by atoms with E-state index in [2.05, 4.69) is 6.58 Å². The number of allylic oxidation sites excluding steroid dienone is 2. The van der Waals surface area contributed by atoms with Gasteiger partial charge in [-0.2, -0.15) is 0 Å². The van der Waals surface area contributed by atoms with Crippen molar-refractivity contribution in [3.8, 4) is 0 Å². The lowest BCUT2D eigenvalue weighted by molar-refractivity contribution is -0.308. The van der Waals surface area contributed by atoms with Crippen LogP contribution in [-0.4, -0.2) is 97.5 Å². The molecule has 2 aliphatic rings. The fourth-order valence-corrected chi connectivity index (χ4v) is 4.23. The van der Waals surface area contributed by atoms with Gasteiger partial charge in [0.25, 0.3) is 0 Å². The standard InChI is InChI=1S/C22H37NO10/c1-4-6-7-13(32-21-19(27)17(23)18(26)11(3)31-21)8-15-16(20(28)29)14(25)10-22(30,33-15)9-12(24)5-2/h4,6-7,11-19,21,24-27,30H,1,5,8-10,23H2,2-3H3,(H,28,29)/t11?,12-,13-,14-,15-,16+,17?,18?,19?,21?,22+/m0/s1. The van der Waals surface area contributed by atoms with Gasteiger partial charge < -0.3 is 50.6 Å². The van der Waals surface area contributed by atoms with E-state index in [1.807, 2.05) is 0 Å². The predicted octanol–water partition coefficient (Wildman–Crippen LogP) is -1.00. The lowest BCUT2D eigenvalue weighted by Crippen LogP contribution is -2.61. The topological polar surface area (TPSA) is 192 Å². The van der Waals surface area contributed by atoms with E-state index in [-0.39, 0.29) is 19.3 Å². The first-order valence-electron chi connectivity index (χ1n) is 11.1. The lowest BCUT2D eigenvalue weighted by atomic mass is 9.83. The molecule has 0 aromatic heterocycles. The summed E-state index contributed by atoms with van der Waals surface area (Å²) < 4.78 is 17.1.